The maximum absolute atomic E-state index is 13.7. The molecule has 4 rings (SSSR count). The highest BCUT2D eigenvalue weighted by atomic mass is 32.2. The van der Waals surface area contributed by atoms with Crippen LogP contribution in [-0.4, -0.2) is 38.9 Å². The molecule has 1 aromatic heterocycles. The minimum absolute atomic E-state index is 0.0138. The first-order valence-corrected chi connectivity index (χ1v) is 11.0. The molecule has 0 aliphatic heterocycles. The number of nitrogens with one attached hydrogen (secondary N) is 2. The number of benzene rings is 2. The molecule has 0 spiro atoms. The van der Waals surface area contributed by atoms with Crippen molar-refractivity contribution in [3.63, 3.8) is 0 Å². The molecular weight excluding hydrogens is 478 g/mol. The van der Waals surface area contributed by atoms with E-state index in [0.29, 0.717) is 5.16 Å². The quantitative estimate of drug-likeness (QED) is 0.345. The van der Waals surface area contributed by atoms with Crippen LogP contribution in [0, 0.1) is 23.3 Å². The predicted octanol–water partition coefficient (Wildman–Crippen LogP) is 3.92. The smallest absolute Gasteiger partial charge is 0.318 e. The van der Waals surface area contributed by atoms with E-state index >= 15 is 0 Å². The number of aromatic nitrogens is 3. The molecule has 1 aliphatic rings. The highest BCUT2D eigenvalue weighted by Crippen LogP contribution is 2.40. The zero-order valence-electron chi connectivity index (χ0n) is 17.4. The van der Waals surface area contributed by atoms with Gasteiger partial charge in [0.15, 0.2) is 11.8 Å². The van der Waals surface area contributed by atoms with Crippen molar-refractivity contribution in [2.45, 2.75) is 24.0 Å². The molecule has 0 unspecified atom stereocenters. The zero-order chi connectivity index (χ0) is 24.2. The average Bonchev–Trinajstić information content (AvgIpc) is 3.55. The zero-order valence-corrected chi connectivity index (χ0v) is 18.2. The van der Waals surface area contributed by atoms with Crippen molar-refractivity contribution >= 4 is 35.0 Å². The minimum Gasteiger partial charge on any atom is -0.453 e. The van der Waals surface area contributed by atoms with E-state index in [0.717, 1.165) is 61.0 Å². The van der Waals surface area contributed by atoms with Gasteiger partial charge in [0.05, 0.1) is 17.1 Å². The summed E-state index contributed by atoms with van der Waals surface area (Å²) in [6.45, 7) is -0.537. The first kappa shape index (κ1) is 23.5. The first-order chi connectivity index (χ1) is 16.3. The van der Waals surface area contributed by atoms with Crippen molar-refractivity contribution < 1.29 is 31.9 Å². The lowest BCUT2D eigenvalue weighted by atomic mass is 10.3. The molecule has 2 amide bonds. The second-order valence-corrected chi connectivity index (χ2v) is 8.23. The van der Waals surface area contributed by atoms with Gasteiger partial charge in [0.1, 0.15) is 23.3 Å². The summed E-state index contributed by atoms with van der Waals surface area (Å²) in [4.78, 5) is 24.3. The van der Waals surface area contributed by atoms with Gasteiger partial charge in [-0.2, -0.15) is 0 Å². The summed E-state index contributed by atoms with van der Waals surface area (Å²) >= 11 is 1.00. The largest absolute Gasteiger partial charge is 0.453 e. The van der Waals surface area contributed by atoms with E-state index in [-0.39, 0.29) is 29.2 Å². The van der Waals surface area contributed by atoms with Gasteiger partial charge in [0.2, 0.25) is 5.91 Å². The Balaban J connectivity index is 1.35. The first-order valence-electron chi connectivity index (χ1n) is 10.0. The molecular formula is C21H17F4N5O3S. The molecule has 0 saturated heterocycles. The number of ether oxygens (including phenoxy) is 1. The highest BCUT2D eigenvalue weighted by molar-refractivity contribution is 7.99. The summed E-state index contributed by atoms with van der Waals surface area (Å²) in [6, 6.07) is 5.41. The second-order valence-electron chi connectivity index (χ2n) is 7.29. The maximum Gasteiger partial charge on any atom is 0.318 e. The van der Waals surface area contributed by atoms with E-state index in [9.17, 15) is 27.2 Å². The number of thioether (sulfide) groups is 1. The summed E-state index contributed by atoms with van der Waals surface area (Å²) < 4.78 is 60.9. The Morgan fingerprint density at radius 3 is 2.12 bits per heavy atom. The Hall–Kier alpha value is -3.61. The molecule has 2 aromatic carbocycles. The molecule has 0 bridgehead atoms. The van der Waals surface area contributed by atoms with Crippen LogP contribution in [-0.2, 0) is 9.59 Å². The highest BCUT2D eigenvalue weighted by Gasteiger charge is 2.31. The summed E-state index contributed by atoms with van der Waals surface area (Å²) in [6.07, 6.45) is 1.62. The molecule has 1 fully saturated rings. The fourth-order valence-corrected chi connectivity index (χ4v) is 3.72. The lowest BCUT2D eigenvalue weighted by Gasteiger charge is -2.10. The third-order valence-corrected chi connectivity index (χ3v) is 5.56. The summed E-state index contributed by atoms with van der Waals surface area (Å²) in [5, 5.41) is 12.7. The molecule has 8 nitrogen and oxygen atoms in total. The van der Waals surface area contributed by atoms with Crippen LogP contribution in [0.25, 0.3) is 0 Å². The van der Waals surface area contributed by atoms with E-state index in [2.05, 4.69) is 20.8 Å². The third-order valence-electron chi connectivity index (χ3n) is 4.61. The number of halogens is 4. The molecule has 1 heterocycles. The standard InChI is InChI=1S/C21H17F4N5O3S/c22-11-1-5-14(24)16(7-11)26-18(31)9-33-20-28-29-21(30(20)13-3-4-13)34-10-19(32)27-17-8-12(23)2-6-15(17)25/h1-2,5-8,13H,3-4,9-10H2,(H,26,31)(H,27,32). The van der Waals surface area contributed by atoms with E-state index in [1.54, 1.807) is 4.57 Å². The maximum atomic E-state index is 13.7. The van der Waals surface area contributed by atoms with Crippen LogP contribution in [0.3, 0.4) is 0 Å². The van der Waals surface area contributed by atoms with E-state index in [4.69, 9.17) is 4.74 Å². The number of rotatable bonds is 9. The van der Waals surface area contributed by atoms with Crippen LogP contribution in [0.2, 0.25) is 0 Å². The topological polar surface area (TPSA) is 98.1 Å². The molecule has 0 radical (unpaired) electrons. The number of nitrogens with zero attached hydrogens (tertiary/aromatic N) is 3. The van der Waals surface area contributed by atoms with Crippen molar-refractivity contribution in [2.24, 2.45) is 0 Å². The Kier molecular flexibility index (Phi) is 7.01. The number of hydrogen-bond acceptors (Lipinski definition) is 6. The number of carbonyl (C=O) groups is 2. The van der Waals surface area contributed by atoms with Gasteiger partial charge in [-0.15, -0.1) is 5.10 Å². The van der Waals surface area contributed by atoms with Crippen molar-refractivity contribution in [2.75, 3.05) is 23.0 Å². The molecule has 1 aliphatic carbocycles. The molecule has 178 valence electrons. The van der Waals surface area contributed by atoms with Gasteiger partial charge in [-0.25, -0.2) is 17.6 Å². The second kappa shape index (κ2) is 10.1. The van der Waals surface area contributed by atoms with Crippen molar-refractivity contribution in [1.29, 1.82) is 0 Å². The molecule has 0 atom stereocenters. The monoisotopic (exact) mass is 495 g/mol. The molecule has 3 aromatic rings. The number of carbonyl (C=O) groups excluding carboxylic acids is 2. The van der Waals surface area contributed by atoms with Gasteiger partial charge in [-0.1, -0.05) is 16.9 Å². The van der Waals surface area contributed by atoms with Crippen LogP contribution < -0.4 is 15.4 Å². The van der Waals surface area contributed by atoms with Crippen LogP contribution >= 0.6 is 11.8 Å². The SMILES string of the molecule is O=C(COc1nnc(SCC(=O)Nc2cc(F)ccc2F)n1C1CC1)Nc1cc(F)ccc1F. The van der Waals surface area contributed by atoms with Crippen LogP contribution in [0.1, 0.15) is 18.9 Å². The summed E-state index contributed by atoms with van der Waals surface area (Å²) in [5.74, 6) is -4.46. The Morgan fingerprint density at radius 2 is 1.53 bits per heavy atom. The number of anilines is 2. The van der Waals surface area contributed by atoms with Gasteiger partial charge < -0.3 is 15.4 Å². The Labute approximate surface area is 194 Å². The molecule has 34 heavy (non-hydrogen) atoms. The van der Waals surface area contributed by atoms with Gasteiger partial charge >= 0.3 is 6.01 Å². The van der Waals surface area contributed by atoms with Crippen molar-refractivity contribution in [3.05, 3.63) is 59.7 Å². The van der Waals surface area contributed by atoms with Gasteiger partial charge in [-0.05, 0) is 37.1 Å². The van der Waals surface area contributed by atoms with E-state index < -0.39 is 41.7 Å². The summed E-state index contributed by atoms with van der Waals surface area (Å²) in [5.41, 5.74) is -0.603. The number of amides is 2. The molecule has 2 N–H and O–H groups in total. The predicted molar refractivity (Wildman–Crippen MR) is 114 cm³/mol. The van der Waals surface area contributed by atoms with Crippen LogP contribution in [0.4, 0.5) is 28.9 Å². The molecule has 13 heteroatoms. The van der Waals surface area contributed by atoms with E-state index in [1.807, 2.05) is 0 Å². The summed E-state index contributed by atoms with van der Waals surface area (Å²) in [7, 11) is 0. The lowest BCUT2D eigenvalue weighted by molar-refractivity contribution is -0.118. The minimum atomic E-state index is -0.800. The average molecular weight is 495 g/mol. The fourth-order valence-electron chi connectivity index (χ4n) is 2.92. The van der Waals surface area contributed by atoms with Gasteiger partial charge in [0, 0.05) is 18.2 Å². The molecule has 1 saturated carbocycles. The third kappa shape index (κ3) is 5.84. The Morgan fingerprint density at radius 1 is 0.941 bits per heavy atom. The van der Waals surface area contributed by atoms with Gasteiger partial charge in [-0.3, -0.25) is 14.2 Å². The van der Waals surface area contributed by atoms with Gasteiger partial charge in [0.25, 0.3) is 5.91 Å². The lowest BCUT2D eigenvalue weighted by Crippen LogP contribution is -2.22. The van der Waals surface area contributed by atoms with Crippen LogP contribution in [0.5, 0.6) is 6.01 Å². The van der Waals surface area contributed by atoms with Crippen molar-refractivity contribution in [3.8, 4) is 6.01 Å². The normalized spacial score (nSPS) is 12.9. The van der Waals surface area contributed by atoms with Crippen LogP contribution in [0.15, 0.2) is 41.6 Å². The Bertz CT molecular complexity index is 1150. The van der Waals surface area contributed by atoms with E-state index in [1.165, 1.54) is 0 Å². The number of hydrogen-bond donors (Lipinski definition) is 2. The van der Waals surface area contributed by atoms with Crippen molar-refractivity contribution in [1.82, 2.24) is 14.8 Å². The fraction of sp³-hybridized carbons (Fsp3) is 0.238.